The summed E-state index contributed by atoms with van der Waals surface area (Å²) in [6.07, 6.45) is 0.0922. The molecule has 3 aromatic carbocycles. The van der Waals surface area contributed by atoms with Crippen LogP contribution in [-0.2, 0) is 23.1 Å². The molecule has 4 aromatic rings. The Bertz CT molecular complexity index is 1490. The smallest absolute Gasteiger partial charge is 0.307 e. The zero-order valence-electron chi connectivity index (χ0n) is 21.6. The van der Waals surface area contributed by atoms with Gasteiger partial charge in [0, 0.05) is 30.9 Å². The molecule has 0 aliphatic heterocycles. The van der Waals surface area contributed by atoms with Gasteiger partial charge in [-0.2, -0.15) is 5.26 Å². The Labute approximate surface area is 221 Å². The zero-order chi connectivity index (χ0) is 27.1. The number of nitriles is 1. The molecule has 0 saturated carbocycles. The van der Waals surface area contributed by atoms with Crippen molar-refractivity contribution in [2.45, 2.75) is 19.9 Å². The fraction of sp³-hybridized carbons (Fsp3) is 0.241. The Hall–Kier alpha value is -4.84. The third-order valence-corrected chi connectivity index (χ3v) is 6.15. The van der Waals surface area contributed by atoms with Crippen molar-refractivity contribution in [2.75, 3.05) is 30.5 Å². The van der Waals surface area contributed by atoms with Gasteiger partial charge in [0.25, 0.3) is 5.91 Å². The Morgan fingerprint density at radius 2 is 1.89 bits per heavy atom. The summed E-state index contributed by atoms with van der Waals surface area (Å²) in [6.45, 7) is 2.66. The largest absolute Gasteiger partial charge is 0.495 e. The molecule has 1 amide bonds. The number of anilines is 2. The van der Waals surface area contributed by atoms with Gasteiger partial charge in [0.1, 0.15) is 11.6 Å². The number of carbonyl (C=O) groups is 2. The Morgan fingerprint density at radius 3 is 2.61 bits per heavy atom. The number of benzene rings is 3. The maximum atomic E-state index is 13.6. The minimum Gasteiger partial charge on any atom is -0.495 e. The van der Waals surface area contributed by atoms with Gasteiger partial charge in [-0.05, 0) is 49.4 Å². The van der Waals surface area contributed by atoms with Gasteiger partial charge in [0.05, 0.1) is 55.0 Å². The molecule has 4 rings (SSSR count). The van der Waals surface area contributed by atoms with E-state index in [1.807, 2.05) is 48.0 Å². The first kappa shape index (κ1) is 26.2. The first-order chi connectivity index (χ1) is 18.4. The minimum atomic E-state index is -0.350. The zero-order valence-corrected chi connectivity index (χ0v) is 21.6. The number of nitrogens with zero attached hydrogens (tertiary/aromatic N) is 4. The quantitative estimate of drug-likeness (QED) is 0.308. The monoisotopic (exact) mass is 511 g/mol. The van der Waals surface area contributed by atoms with E-state index >= 15 is 0 Å². The van der Waals surface area contributed by atoms with E-state index in [2.05, 4.69) is 11.4 Å². The van der Waals surface area contributed by atoms with Crippen LogP contribution in [-0.4, -0.2) is 41.7 Å². The number of methoxy groups -OCH3 is 1. The van der Waals surface area contributed by atoms with Crippen molar-refractivity contribution >= 4 is 34.3 Å². The van der Waals surface area contributed by atoms with E-state index in [1.165, 1.54) is 0 Å². The number of fused-ring (bicyclic) bond motifs is 1. The maximum Gasteiger partial charge on any atom is 0.307 e. The molecule has 0 unspecified atom stereocenters. The minimum absolute atomic E-state index is 0.0922. The number of rotatable bonds is 10. The summed E-state index contributed by atoms with van der Waals surface area (Å²) in [5, 5.41) is 12.4. The molecule has 0 radical (unpaired) electrons. The highest BCUT2D eigenvalue weighted by molar-refractivity contribution is 6.07. The number of hydrogen-bond acceptors (Lipinski definition) is 7. The number of ether oxygens (including phenoxy) is 2. The molecule has 0 aliphatic rings. The first-order valence-electron chi connectivity index (χ1n) is 12.2. The summed E-state index contributed by atoms with van der Waals surface area (Å²) in [4.78, 5) is 31.9. The molecule has 9 heteroatoms. The van der Waals surface area contributed by atoms with E-state index < -0.39 is 0 Å². The topological polar surface area (TPSA) is 109 Å². The summed E-state index contributed by atoms with van der Waals surface area (Å²) in [7, 11) is 3.47. The van der Waals surface area contributed by atoms with Gasteiger partial charge < -0.3 is 24.3 Å². The fourth-order valence-electron chi connectivity index (χ4n) is 4.17. The summed E-state index contributed by atoms with van der Waals surface area (Å²) >= 11 is 0. The van der Waals surface area contributed by atoms with Crippen molar-refractivity contribution in [3.63, 3.8) is 0 Å². The molecule has 0 atom stereocenters. The SMILES string of the molecule is CCOC(=O)CCN(C(=O)c1ccc2c(c1)nc(CNc1ccc(C#N)cc1OC)n2C)c1ccccc1. The van der Waals surface area contributed by atoms with E-state index in [-0.39, 0.29) is 24.8 Å². The standard InChI is InChI=1S/C29H29N5O4/c1-4-38-28(35)14-15-34(22-8-6-5-7-9-22)29(36)21-11-13-25-24(17-21)32-27(33(25)2)19-31-23-12-10-20(18-30)16-26(23)37-3/h5-13,16-17,31H,4,14-15,19H2,1-3H3. The van der Waals surface area contributed by atoms with Gasteiger partial charge in [-0.3, -0.25) is 9.59 Å². The normalized spacial score (nSPS) is 10.6. The van der Waals surface area contributed by atoms with Crippen LogP contribution in [0.3, 0.4) is 0 Å². The number of amides is 1. The van der Waals surface area contributed by atoms with Crippen molar-refractivity contribution in [3.05, 3.63) is 83.7 Å². The van der Waals surface area contributed by atoms with Crippen LogP contribution >= 0.6 is 0 Å². The van der Waals surface area contributed by atoms with Gasteiger partial charge >= 0.3 is 5.97 Å². The van der Waals surface area contributed by atoms with Gasteiger partial charge in [-0.15, -0.1) is 0 Å². The highest BCUT2D eigenvalue weighted by atomic mass is 16.5. The lowest BCUT2D eigenvalue weighted by atomic mass is 10.1. The van der Waals surface area contributed by atoms with Crippen molar-refractivity contribution in [1.82, 2.24) is 9.55 Å². The van der Waals surface area contributed by atoms with Crippen LogP contribution in [0.5, 0.6) is 5.75 Å². The second-order valence-electron chi connectivity index (χ2n) is 8.52. The lowest BCUT2D eigenvalue weighted by Gasteiger charge is -2.22. The molecular weight excluding hydrogens is 482 g/mol. The summed E-state index contributed by atoms with van der Waals surface area (Å²) in [6, 6.07) is 22.0. The number of esters is 1. The van der Waals surface area contributed by atoms with Crippen LogP contribution in [0.4, 0.5) is 11.4 Å². The number of imidazole rings is 1. The van der Waals surface area contributed by atoms with Crippen molar-refractivity contribution in [2.24, 2.45) is 7.05 Å². The Morgan fingerprint density at radius 1 is 1.11 bits per heavy atom. The number of para-hydroxylation sites is 1. The molecule has 9 nitrogen and oxygen atoms in total. The molecule has 1 aromatic heterocycles. The van der Waals surface area contributed by atoms with Gasteiger partial charge in [-0.25, -0.2) is 4.98 Å². The third-order valence-electron chi connectivity index (χ3n) is 6.15. The maximum absolute atomic E-state index is 13.6. The molecule has 0 saturated heterocycles. The second kappa shape index (κ2) is 11.9. The van der Waals surface area contributed by atoms with Gasteiger partial charge in [0.2, 0.25) is 0 Å². The highest BCUT2D eigenvalue weighted by Crippen LogP contribution is 2.27. The molecule has 0 bridgehead atoms. The number of aromatic nitrogens is 2. The molecule has 1 heterocycles. The fourth-order valence-corrected chi connectivity index (χ4v) is 4.17. The summed E-state index contributed by atoms with van der Waals surface area (Å²) in [5.41, 5.74) is 3.98. The molecule has 0 aliphatic carbocycles. The van der Waals surface area contributed by atoms with Crippen LogP contribution in [0.25, 0.3) is 11.0 Å². The van der Waals surface area contributed by atoms with E-state index in [4.69, 9.17) is 19.7 Å². The lowest BCUT2D eigenvalue weighted by Crippen LogP contribution is -2.33. The molecule has 194 valence electrons. The van der Waals surface area contributed by atoms with Crippen molar-refractivity contribution in [1.29, 1.82) is 5.26 Å². The predicted molar refractivity (Wildman–Crippen MR) is 145 cm³/mol. The average Bonchev–Trinajstić information content (AvgIpc) is 3.26. The predicted octanol–water partition coefficient (Wildman–Crippen LogP) is 4.67. The second-order valence-corrected chi connectivity index (χ2v) is 8.52. The molecule has 0 spiro atoms. The first-order valence-corrected chi connectivity index (χ1v) is 12.2. The number of nitrogens with one attached hydrogen (secondary N) is 1. The van der Waals surface area contributed by atoms with E-state index in [0.29, 0.717) is 41.2 Å². The van der Waals surface area contributed by atoms with Crippen LogP contribution in [0.1, 0.15) is 35.1 Å². The Balaban J connectivity index is 1.57. The number of aryl methyl sites for hydroxylation is 1. The highest BCUT2D eigenvalue weighted by Gasteiger charge is 2.20. The summed E-state index contributed by atoms with van der Waals surface area (Å²) in [5.74, 6) is 0.755. The molecule has 0 fully saturated rings. The van der Waals surface area contributed by atoms with E-state index in [1.54, 1.807) is 49.3 Å². The molecular formula is C29H29N5O4. The van der Waals surface area contributed by atoms with Crippen LogP contribution < -0.4 is 15.0 Å². The molecule has 38 heavy (non-hydrogen) atoms. The lowest BCUT2D eigenvalue weighted by molar-refractivity contribution is -0.142. The van der Waals surface area contributed by atoms with Crippen LogP contribution in [0.2, 0.25) is 0 Å². The van der Waals surface area contributed by atoms with Gasteiger partial charge in [-0.1, -0.05) is 18.2 Å². The van der Waals surface area contributed by atoms with E-state index in [0.717, 1.165) is 17.0 Å². The number of hydrogen-bond donors (Lipinski definition) is 1. The third kappa shape index (κ3) is 5.76. The van der Waals surface area contributed by atoms with E-state index in [9.17, 15) is 9.59 Å². The van der Waals surface area contributed by atoms with Crippen LogP contribution in [0, 0.1) is 11.3 Å². The summed E-state index contributed by atoms with van der Waals surface area (Å²) < 4.78 is 12.4. The van der Waals surface area contributed by atoms with Crippen LogP contribution in [0.15, 0.2) is 66.7 Å². The van der Waals surface area contributed by atoms with Crippen molar-refractivity contribution in [3.8, 4) is 11.8 Å². The molecule has 1 N–H and O–H groups in total. The van der Waals surface area contributed by atoms with Crippen molar-refractivity contribution < 1.29 is 19.1 Å². The number of carbonyl (C=O) groups excluding carboxylic acids is 2. The Kier molecular flexibility index (Phi) is 8.23. The average molecular weight is 512 g/mol. The van der Waals surface area contributed by atoms with Gasteiger partial charge in [0.15, 0.2) is 0 Å².